The van der Waals surface area contributed by atoms with Crippen LogP contribution in [-0.2, 0) is 0 Å². The summed E-state index contributed by atoms with van der Waals surface area (Å²) in [6.45, 7) is 4.17. The van der Waals surface area contributed by atoms with E-state index in [1.807, 2.05) is 6.92 Å². The van der Waals surface area contributed by atoms with E-state index in [4.69, 9.17) is 0 Å². The van der Waals surface area contributed by atoms with Gasteiger partial charge in [0.2, 0.25) is 0 Å². The lowest BCUT2D eigenvalue weighted by atomic mass is 9.82. The number of nitro groups is 2. The van der Waals surface area contributed by atoms with Crippen molar-refractivity contribution in [3.8, 4) is 0 Å². The Morgan fingerprint density at radius 2 is 1.88 bits per heavy atom. The number of anilines is 1. The molecule has 8 nitrogen and oxygen atoms in total. The van der Waals surface area contributed by atoms with Crippen LogP contribution in [0.3, 0.4) is 0 Å². The summed E-state index contributed by atoms with van der Waals surface area (Å²) in [5, 5.41) is 26.4. The third kappa shape index (κ3) is 3.39. The molecule has 0 saturated carbocycles. The van der Waals surface area contributed by atoms with Crippen molar-refractivity contribution in [1.29, 1.82) is 0 Å². The quantitative estimate of drug-likeness (QED) is 0.641. The van der Waals surface area contributed by atoms with Crippen LogP contribution in [0.4, 0.5) is 17.1 Å². The molecule has 0 aromatic heterocycles. The minimum absolute atomic E-state index is 0.126. The first-order chi connectivity index (χ1) is 12.4. The van der Waals surface area contributed by atoms with Crippen molar-refractivity contribution in [1.82, 2.24) is 0 Å². The van der Waals surface area contributed by atoms with Gasteiger partial charge in [-0.15, -0.1) is 0 Å². The lowest BCUT2D eigenvalue weighted by molar-refractivity contribution is -0.393. The Kier molecular flexibility index (Phi) is 4.66. The van der Waals surface area contributed by atoms with Crippen molar-refractivity contribution in [2.75, 3.05) is 5.43 Å². The normalized spacial score (nSPS) is 17.6. The Bertz CT molecular complexity index is 923. The average Bonchev–Trinajstić information content (AvgIpc) is 2.60. The van der Waals surface area contributed by atoms with Crippen LogP contribution in [0, 0.1) is 27.2 Å². The summed E-state index contributed by atoms with van der Waals surface area (Å²) in [6, 6.07) is 9.68. The molecular weight excluding hydrogens is 336 g/mol. The maximum atomic E-state index is 11.2. The van der Waals surface area contributed by atoms with Crippen molar-refractivity contribution >= 4 is 22.8 Å². The van der Waals surface area contributed by atoms with Gasteiger partial charge in [0, 0.05) is 11.6 Å². The third-order valence-corrected chi connectivity index (χ3v) is 4.56. The summed E-state index contributed by atoms with van der Waals surface area (Å²) >= 11 is 0. The monoisotopic (exact) mass is 354 g/mol. The van der Waals surface area contributed by atoms with E-state index in [0.29, 0.717) is 5.92 Å². The summed E-state index contributed by atoms with van der Waals surface area (Å²) in [4.78, 5) is 20.7. The Labute approximate surface area is 149 Å². The predicted molar refractivity (Wildman–Crippen MR) is 98.7 cm³/mol. The molecule has 0 heterocycles. The molecule has 0 spiro atoms. The maximum Gasteiger partial charge on any atom is 0.301 e. The van der Waals surface area contributed by atoms with E-state index in [1.54, 1.807) is 0 Å². The second-order valence-electron chi connectivity index (χ2n) is 6.42. The number of hydrogen-bond acceptors (Lipinski definition) is 6. The van der Waals surface area contributed by atoms with E-state index < -0.39 is 9.85 Å². The minimum atomic E-state index is -0.662. The number of benzene rings is 2. The van der Waals surface area contributed by atoms with E-state index in [9.17, 15) is 20.2 Å². The van der Waals surface area contributed by atoms with Crippen LogP contribution in [0.15, 0.2) is 41.5 Å². The van der Waals surface area contributed by atoms with Crippen LogP contribution in [0.1, 0.15) is 42.4 Å². The summed E-state index contributed by atoms with van der Waals surface area (Å²) in [7, 11) is 0. The van der Waals surface area contributed by atoms with Crippen LogP contribution < -0.4 is 5.43 Å². The zero-order valence-electron chi connectivity index (χ0n) is 14.4. The molecule has 0 fully saturated rings. The van der Waals surface area contributed by atoms with Gasteiger partial charge in [0.15, 0.2) is 0 Å². The molecule has 1 aliphatic carbocycles. The highest BCUT2D eigenvalue weighted by molar-refractivity contribution is 6.03. The predicted octanol–water partition coefficient (Wildman–Crippen LogP) is 4.52. The highest BCUT2D eigenvalue weighted by Crippen LogP contribution is 2.33. The molecule has 1 aliphatic rings. The van der Waals surface area contributed by atoms with Gasteiger partial charge < -0.3 is 0 Å². The number of aryl methyl sites for hydroxylation is 1. The fourth-order valence-corrected chi connectivity index (χ4v) is 3.12. The molecule has 0 saturated heterocycles. The molecule has 26 heavy (non-hydrogen) atoms. The number of nitrogens with one attached hydrogen (secondary N) is 1. The molecule has 2 aromatic carbocycles. The van der Waals surface area contributed by atoms with Crippen molar-refractivity contribution in [3.63, 3.8) is 0 Å². The molecule has 0 amide bonds. The molecular formula is C18H18N4O4. The van der Waals surface area contributed by atoms with Gasteiger partial charge in [-0.25, -0.2) is 0 Å². The van der Waals surface area contributed by atoms with E-state index in [-0.39, 0.29) is 17.1 Å². The van der Waals surface area contributed by atoms with Gasteiger partial charge in [0.05, 0.1) is 21.6 Å². The number of hydrazone groups is 1. The Morgan fingerprint density at radius 1 is 1.12 bits per heavy atom. The first-order valence-corrected chi connectivity index (χ1v) is 8.23. The number of fused-ring (bicyclic) bond motifs is 1. The fraction of sp³-hybridized carbons (Fsp3) is 0.278. The Balaban J connectivity index is 1.96. The van der Waals surface area contributed by atoms with Gasteiger partial charge in [0.1, 0.15) is 5.69 Å². The van der Waals surface area contributed by atoms with Crippen LogP contribution in [-0.4, -0.2) is 15.6 Å². The molecule has 1 N–H and O–H groups in total. The SMILES string of the molecule is Cc1ccc2c(c1)/C(=N/Nc1ccc([N+](=O)[O-])cc1[N+](=O)[O-])CCC2C. The molecule has 0 aliphatic heterocycles. The standard InChI is InChI=1S/C18H18N4O4/c1-11-3-6-14-12(2)4-7-16(15(14)9-11)19-20-17-8-5-13(21(23)24)10-18(17)22(25)26/h3,5-6,8-10,12,20H,4,7H2,1-2H3/b19-16+. The van der Waals surface area contributed by atoms with Crippen molar-refractivity contribution in [3.05, 3.63) is 73.3 Å². The zero-order valence-corrected chi connectivity index (χ0v) is 14.4. The van der Waals surface area contributed by atoms with Gasteiger partial charge >= 0.3 is 5.69 Å². The number of non-ortho nitro benzene ring substituents is 1. The third-order valence-electron chi connectivity index (χ3n) is 4.56. The molecule has 8 heteroatoms. The van der Waals surface area contributed by atoms with E-state index >= 15 is 0 Å². The Hall–Kier alpha value is -3.29. The molecule has 2 aromatic rings. The highest BCUT2D eigenvalue weighted by atomic mass is 16.6. The largest absolute Gasteiger partial charge is 0.301 e. The fourth-order valence-electron chi connectivity index (χ4n) is 3.12. The highest BCUT2D eigenvalue weighted by Gasteiger charge is 2.23. The summed E-state index contributed by atoms with van der Waals surface area (Å²) < 4.78 is 0. The van der Waals surface area contributed by atoms with Crippen LogP contribution in [0.2, 0.25) is 0 Å². The molecule has 0 bridgehead atoms. The topological polar surface area (TPSA) is 111 Å². The second-order valence-corrected chi connectivity index (χ2v) is 6.42. The summed E-state index contributed by atoms with van der Waals surface area (Å²) in [5.74, 6) is 0.429. The summed E-state index contributed by atoms with van der Waals surface area (Å²) in [5.41, 5.74) is 6.34. The van der Waals surface area contributed by atoms with Gasteiger partial charge in [-0.05, 0) is 43.4 Å². The van der Waals surface area contributed by atoms with Gasteiger partial charge in [-0.3, -0.25) is 25.7 Å². The molecule has 1 atom stereocenters. The summed E-state index contributed by atoms with van der Waals surface area (Å²) in [6.07, 6.45) is 1.70. The first kappa shape index (κ1) is 17.5. The van der Waals surface area contributed by atoms with Crippen LogP contribution >= 0.6 is 0 Å². The number of hydrogen-bond donors (Lipinski definition) is 1. The van der Waals surface area contributed by atoms with E-state index in [2.05, 4.69) is 35.7 Å². The van der Waals surface area contributed by atoms with Crippen molar-refractivity contribution < 1.29 is 9.85 Å². The van der Waals surface area contributed by atoms with Crippen LogP contribution in [0.25, 0.3) is 0 Å². The van der Waals surface area contributed by atoms with Gasteiger partial charge in [0.25, 0.3) is 5.69 Å². The lowest BCUT2D eigenvalue weighted by Gasteiger charge is -2.24. The average molecular weight is 354 g/mol. The van der Waals surface area contributed by atoms with Crippen LogP contribution in [0.5, 0.6) is 0 Å². The number of nitro benzene ring substituents is 2. The molecule has 0 radical (unpaired) electrons. The second kappa shape index (κ2) is 6.91. The minimum Gasteiger partial charge on any atom is -0.271 e. The number of rotatable bonds is 4. The number of nitrogens with zero attached hydrogens (tertiary/aromatic N) is 3. The molecule has 3 rings (SSSR count). The van der Waals surface area contributed by atoms with E-state index in [0.717, 1.165) is 35.7 Å². The zero-order chi connectivity index (χ0) is 18.8. The van der Waals surface area contributed by atoms with Crippen molar-refractivity contribution in [2.45, 2.75) is 32.6 Å². The maximum absolute atomic E-state index is 11.2. The lowest BCUT2D eigenvalue weighted by Crippen LogP contribution is -2.16. The molecule has 1 unspecified atom stereocenters. The first-order valence-electron chi connectivity index (χ1n) is 8.23. The van der Waals surface area contributed by atoms with Gasteiger partial charge in [-0.1, -0.05) is 24.6 Å². The van der Waals surface area contributed by atoms with E-state index in [1.165, 1.54) is 17.7 Å². The smallest absolute Gasteiger partial charge is 0.271 e. The molecule has 134 valence electrons. The Morgan fingerprint density at radius 3 is 2.58 bits per heavy atom. The van der Waals surface area contributed by atoms with Gasteiger partial charge in [-0.2, -0.15) is 5.10 Å². The van der Waals surface area contributed by atoms with Crippen molar-refractivity contribution in [2.24, 2.45) is 5.10 Å².